The smallest absolute Gasteiger partial charge is 0.257 e. The van der Waals surface area contributed by atoms with Crippen molar-refractivity contribution in [1.29, 1.82) is 0 Å². The number of carbonyl (C=O) groups excluding carboxylic acids is 1. The lowest BCUT2D eigenvalue weighted by molar-refractivity contribution is 0.102. The molecule has 1 heterocycles. The summed E-state index contributed by atoms with van der Waals surface area (Å²) in [5.74, 6) is -0.122. The van der Waals surface area contributed by atoms with E-state index in [0.717, 1.165) is 3.57 Å². The van der Waals surface area contributed by atoms with Gasteiger partial charge in [0.05, 0.1) is 0 Å². The Morgan fingerprint density at radius 2 is 2.33 bits per heavy atom. The molecule has 0 radical (unpaired) electrons. The first-order chi connectivity index (χ1) is 7.25. The highest BCUT2D eigenvalue weighted by Crippen LogP contribution is 2.13. The average molecular weight is 330 g/mol. The number of hydrogen-bond acceptors (Lipinski definition) is 3. The van der Waals surface area contributed by atoms with E-state index in [-0.39, 0.29) is 5.91 Å². The maximum Gasteiger partial charge on any atom is 0.257 e. The van der Waals surface area contributed by atoms with E-state index in [0.29, 0.717) is 10.7 Å². The van der Waals surface area contributed by atoms with Gasteiger partial charge >= 0.3 is 0 Å². The van der Waals surface area contributed by atoms with Gasteiger partial charge in [-0.2, -0.15) is 0 Å². The lowest BCUT2D eigenvalue weighted by atomic mass is 10.2. The molecule has 3 nitrogen and oxygen atoms in total. The summed E-state index contributed by atoms with van der Waals surface area (Å²) in [6.07, 6.45) is 1.66. The van der Waals surface area contributed by atoms with Crippen LogP contribution in [0.4, 0.5) is 5.13 Å². The van der Waals surface area contributed by atoms with Crippen molar-refractivity contribution < 1.29 is 4.79 Å². The molecule has 0 bridgehead atoms. The third-order valence-corrected chi connectivity index (χ3v) is 3.10. The molecule has 0 fully saturated rings. The van der Waals surface area contributed by atoms with Crippen LogP contribution < -0.4 is 5.32 Å². The highest BCUT2D eigenvalue weighted by atomic mass is 127. The molecule has 2 rings (SSSR count). The molecule has 2 aromatic rings. The van der Waals surface area contributed by atoms with Crippen LogP contribution in [0.3, 0.4) is 0 Å². The minimum absolute atomic E-state index is 0.122. The number of benzene rings is 1. The maximum atomic E-state index is 11.7. The fraction of sp³-hybridized carbons (Fsp3) is 0. The van der Waals surface area contributed by atoms with E-state index >= 15 is 0 Å². The van der Waals surface area contributed by atoms with Crippen molar-refractivity contribution in [3.63, 3.8) is 0 Å². The highest BCUT2D eigenvalue weighted by molar-refractivity contribution is 14.1. The van der Waals surface area contributed by atoms with Crippen LogP contribution in [0.5, 0.6) is 0 Å². The third-order valence-electron chi connectivity index (χ3n) is 1.74. The monoisotopic (exact) mass is 330 g/mol. The summed E-state index contributed by atoms with van der Waals surface area (Å²) in [5.41, 5.74) is 0.650. The highest BCUT2D eigenvalue weighted by Gasteiger charge is 2.06. The number of carbonyl (C=O) groups is 1. The van der Waals surface area contributed by atoms with E-state index in [1.807, 2.05) is 23.6 Å². The van der Waals surface area contributed by atoms with Crippen LogP contribution >= 0.6 is 33.9 Å². The van der Waals surface area contributed by atoms with Crippen LogP contribution in [0.15, 0.2) is 35.8 Å². The van der Waals surface area contributed by atoms with Crippen LogP contribution in [0, 0.1) is 3.57 Å². The number of amides is 1. The van der Waals surface area contributed by atoms with E-state index < -0.39 is 0 Å². The molecule has 0 saturated carbocycles. The SMILES string of the molecule is O=C(Nc1nccs1)c1cccc(I)c1. The first kappa shape index (κ1) is 10.6. The topological polar surface area (TPSA) is 42.0 Å². The number of nitrogens with zero attached hydrogens (tertiary/aromatic N) is 1. The Balaban J connectivity index is 2.15. The van der Waals surface area contributed by atoms with Crippen molar-refractivity contribution >= 4 is 45.0 Å². The largest absolute Gasteiger partial charge is 0.298 e. The second-order valence-corrected chi connectivity index (χ2v) is 4.94. The number of anilines is 1. The number of halogens is 1. The molecule has 5 heteroatoms. The van der Waals surface area contributed by atoms with E-state index in [1.54, 1.807) is 12.3 Å². The van der Waals surface area contributed by atoms with Gasteiger partial charge in [-0.15, -0.1) is 11.3 Å². The van der Waals surface area contributed by atoms with Gasteiger partial charge in [0.15, 0.2) is 5.13 Å². The van der Waals surface area contributed by atoms with Gasteiger partial charge in [-0.1, -0.05) is 6.07 Å². The quantitative estimate of drug-likeness (QED) is 0.860. The summed E-state index contributed by atoms with van der Waals surface area (Å²) in [7, 11) is 0. The molecular weight excluding hydrogens is 323 g/mol. The molecule has 0 aliphatic rings. The normalized spacial score (nSPS) is 9.93. The summed E-state index contributed by atoms with van der Waals surface area (Å²) in [4.78, 5) is 15.7. The van der Waals surface area contributed by atoms with Gasteiger partial charge in [-0.3, -0.25) is 10.1 Å². The molecule has 0 aliphatic carbocycles. The molecule has 76 valence electrons. The van der Waals surface area contributed by atoms with Crippen molar-refractivity contribution in [2.45, 2.75) is 0 Å². The van der Waals surface area contributed by atoms with Crippen molar-refractivity contribution in [3.8, 4) is 0 Å². The molecule has 1 N–H and O–H groups in total. The lowest BCUT2D eigenvalue weighted by Crippen LogP contribution is -2.11. The Morgan fingerprint density at radius 1 is 1.47 bits per heavy atom. The second kappa shape index (κ2) is 4.71. The summed E-state index contributed by atoms with van der Waals surface area (Å²) in [6.45, 7) is 0. The maximum absolute atomic E-state index is 11.7. The molecular formula is C10H7IN2OS. The Morgan fingerprint density at radius 3 is 3.00 bits per heavy atom. The van der Waals surface area contributed by atoms with E-state index in [4.69, 9.17) is 0 Å². The van der Waals surface area contributed by atoms with Crippen molar-refractivity contribution in [3.05, 3.63) is 45.0 Å². The van der Waals surface area contributed by atoms with Gasteiger partial charge in [0, 0.05) is 20.7 Å². The van der Waals surface area contributed by atoms with Gasteiger partial charge < -0.3 is 0 Å². The van der Waals surface area contributed by atoms with Crippen molar-refractivity contribution in [1.82, 2.24) is 4.98 Å². The second-order valence-electron chi connectivity index (χ2n) is 2.80. The first-order valence-corrected chi connectivity index (χ1v) is 6.18. The van der Waals surface area contributed by atoms with Gasteiger partial charge in [-0.05, 0) is 40.8 Å². The molecule has 15 heavy (non-hydrogen) atoms. The molecule has 0 aliphatic heterocycles. The zero-order valence-electron chi connectivity index (χ0n) is 7.61. The number of thiazole rings is 1. The standard InChI is InChI=1S/C10H7IN2OS/c11-8-3-1-2-7(6-8)9(14)13-10-12-4-5-15-10/h1-6H,(H,12,13,14). The molecule has 1 aromatic heterocycles. The van der Waals surface area contributed by atoms with Gasteiger partial charge in [0.25, 0.3) is 5.91 Å². The number of rotatable bonds is 2. The van der Waals surface area contributed by atoms with Crippen LogP contribution in [-0.4, -0.2) is 10.9 Å². The Hall–Kier alpha value is -0.950. The first-order valence-electron chi connectivity index (χ1n) is 4.22. The van der Waals surface area contributed by atoms with Crippen molar-refractivity contribution in [2.75, 3.05) is 5.32 Å². The van der Waals surface area contributed by atoms with Crippen LogP contribution in [0.2, 0.25) is 0 Å². The van der Waals surface area contributed by atoms with Gasteiger partial charge in [-0.25, -0.2) is 4.98 Å². The minimum atomic E-state index is -0.122. The molecule has 0 unspecified atom stereocenters. The van der Waals surface area contributed by atoms with Crippen LogP contribution in [0.25, 0.3) is 0 Å². The van der Waals surface area contributed by atoms with Gasteiger partial charge in [0.2, 0.25) is 0 Å². The molecule has 1 amide bonds. The summed E-state index contributed by atoms with van der Waals surface area (Å²) in [5, 5.41) is 5.18. The zero-order chi connectivity index (χ0) is 10.7. The molecule has 1 aromatic carbocycles. The van der Waals surface area contributed by atoms with Crippen molar-refractivity contribution in [2.24, 2.45) is 0 Å². The predicted molar refractivity (Wildman–Crippen MR) is 69.2 cm³/mol. The summed E-state index contributed by atoms with van der Waals surface area (Å²) in [6, 6.07) is 7.42. The zero-order valence-corrected chi connectivity index (χ0v) is 10.6. The summed E-state index contributed by atoms with van der Waals surface area (Å²) >= 11 is 3.58. The van der Waals surface area contributed by atoms with E-state index in [1.165, 1.54) is 11.3 Å². The average Bonchev–Trinajstić information content (AvgIpc) is 2.70. The van der Waals surface area contributed by atoms with Crippen LogP contribution in [0.1, 0.15) is 10.4 Å². The Bertz CT molecular complexity index is 470. The van der Waals surface area contributed by atoms with Gasteiger partial charge in [0.1, 0.15) is 0 Å². The van der Waals surface area contributed by atoms with Crippen LogP contribution in [-0.2, 0) is 0 Å². The number of aromatic nitrogens is 1. The number of hydrogen-bond donors (Lipinski definition) is 1. The number of nitrogens with one attached hydrogen (secondary N) is 1. The molecule has 0 spiro atoms. The molecule has 0 atom stereocenters. The van der Waals surface area contributed by atoms with E-state index in [2.05, 4.69) is 32.9 Å². The predicted octanol–water partition coefficient (Wildman–Crippen LogP) is 3.00. The Kier molecular flexibility index (Phi) is 3.32. The lowest BCUT2D eigenvalue weighted by Gasteiger charge is -2.01. The minimum Gasteiger partial charge on any atom is -0.298 e. The summed E-state index contributed by atoms with van der Waals surface area (Å²) < 4.78 is 1.04. The fourth-order valence-corrected chi connectivity index (χ4v) is 2.15. The molecule has 0 saturated heterocycles. The third kappa shape index (κ3) is 2.75. The fourth-order valence-electron chi connectivity index (χ4n) is 1.08. The van der Waals surface area contributed by atoms with E-state index in [9.17, 15) is 4.79 Å². The Labute approximate surface area is 105 Å².